The smallest absolute Gasteiger partial charge is 0.0585 e. The Kier molecular flexibility index (Phi) is 6.77. The topological polar surface area (TPSA) is 20.2 Å². The fourth-order valence-corrected chi connectivity index (χ4v) is 1.34. The van der Waals surface area contributed by atoms with Crippen LogP contribution in [0.3, 0.4) is 0 Å². The molecule has 0 aliphatic rings. The van der Waals surface area contributed by atoms with Crippen molar-refractivity contribution < 1.29 is 5.11 Å². The van der Waals surface area contributed by atoms with Gasteiger partial charge >= 0.3 is 0 Å². The largest absolute Gasteiger partial charge is 0.393 e. The molecule has 1 atom stereocenters. The molecule has 0 saturated heterocycles. The van der Waals surface area contributed by atoms with Gasteiger partial charge in [0.25, 0.3) is 0 Å². The van der Waals surface area contributed by atoms with Crippen molar-refractivity contribution in [2.45, 2.75) is 32.3 Å². The van der Waals surface area contributed by atoms with E-state index in [9.17, 15) is 5.11 Å². The van der Waals surface area contributed by atoms with Crippen molar-refractivity contribution >= 4 is 11.8 Å². The molecule has 0 aliphatic carbocycles. The Hall–Kier alpha value is 0.0500. The molecule has 0 radical (unpaired) electrons. The minimum absolute atomic E-state index is 0.171. The predicted molar refractivity (Wildman–Crippen MR) is 53.1 cm³/mol. The number of aliphatic hydroxyl groups excluding tert-OH is 1. The average molecular weight is 174 g/mol. The number of hydrogen-bond acceptors (Lipinski definition) is 2. The molecule has 0 bridgehead atoms. The highest BCUT2D eigenvalue weighted by Gasteiger charge is 2.03. The van der Waals surface area contributed by atoms with E-state index in [-0.39, 0.29) is 6.10 Å². The van der Waals surface area contributed by atoms with Crippen LogP contribution < -0.4 is 0 Å². The van der Waals surface area contributed by atoms with Gasteiger partial charge in [-0.25, -0.2) is 0 Å². The molecule has 0 spiro atoms. The van der Waals surface area contributed by atoms with Crippen LogP contribution >= 0.6 is 11.8 Å². The zero-order chi connectivity index (χ0) is 8.69. The summed E-state index contributed by atoms with van der Waals surface area (Å²) in [7, 11) is 0. The van der Waals surface area contributed by atoms with Gasteiger partial charge in [0.1, 0.15) is 0 Å². The molecule has 1 nitrogen and oxygen atoms in total. The highest BCUT2D eigenvalue weighted by atomic mass is 32.2. The zero-order valence-corrected chi connectivity index (χ0v) is 8.28. The first-order chi connectivity index (χ1) is 5.20. The Balaban J connectivity index is 3.35. The van der Waals surface area contributed by atoms with E-state index in [1.807, 2.05) is 0 Å². The van der Waals surface area contributed by atoms with Crippen LogP contribution in [-0.4, -0.2) is 23.2 Å². The van der Waals surface area contributed by atoms with E-state index in [4.69, 9.17) is 0 Å². The second-order valence-electron chi connectivity index (χ2n) is 2.74. The first kappa shape index (κ1) is 11.1. The lowest BCUT2D eigenvalue weighted by Crippen LogP contribution is -2.08. The van der Waals surface area contributed by atoms with Crippen LogP contribution in [0.4, 0.5) is 0 Å². The van der Waals surface area contributed by atoms with Gasteiger partial charge in [-0.1, -0.05) is 19.1 Å². The number of aliphatic hydroxyl groups is 1. The third-order valence-electron chi connectivity index (χ3n) is 1.68. The Bertz CT molecular complexity index is 112. The SMILES string of the molecule is C=C(CC)CC(O)CCSC. The lowest BCUT2D eigenvalue weighted by Gasteiger charge is -2.09. The summed E-state index contributed by atoms with van der Waals surface area (Å²) in [5.74, 6) is 1.04. The van der Waals surface area contributed by atoms with E-state index in [1.54, 1.807) is 11.8 Å². The van der Waals surface area contributed by atoms with Crippen molar-refractivity contribution in [1.82, 2.24) is 0 Å². The summed E-state index contributed by atoms with van der Waals surface area (Å²) in [6.45, 7) is 5.93. The summed E-state index contributed by atoms with van der Waals surface area (Å²) in [6, 6.07) is 0. The fraction of sp³-hybridized carbons (Fsp3) is 0.778. The van der Waals surface area contributed by atoms with Gasteiger partial charge in [0, 0.05) is 0 Å². The summed E-state index contributed by atoms with van der Waals surface area (Å²) in [6.07, 6.45) is 4.53. The van der Waals surface area contributed by atoms with Gasteiger partial charge in [0.15, 0.2) is 0 Å². The second kappa shape index (κ2) is 6.74. The van der Waals surface area contributed by atoms with E-state index < -0.39 is 0 Å². The molecule has 0 aromatic rings. The van der Waals surface area contributed by atoms with Gasteiger partial charge < -0.3 is 5.11 Å². The second-order valence-corrected chi connectivity index (χ2v) is 3.73. The molecule has 0 heterocycles. The molecular weight excluding hydrogens is 156 g/mol. The standard InChI is InChI=1S/C9H18OS/c1-4-8(2)7-9(10)5-6-11-3/h9-10H,2,4-7H2,1,3H3. The lowest BCUT2D eigenvalue weighted by atomic mass is 10.1. The number of rotatable bonds is 6. The highest BCUT2D eigenvalue weighted by molar-refractivity contribution is 7.98. The summed E-state index contributed by atoms with van der Waals surface area (Å²) in [4.78, 5) is 0. The van der Waals surface area contributed by atoms with E-state index >= 15 is 0 Å². The Morgan fingerprint density at radius 3 is 2.73 bits per heavy atom. The summed E-state index contributed by atoms with van der Waals surface area (Å²) in [5.41, 5.74) is 1.15. The molecule has 0 aromatic carbocycles. The van der Waals surface area contributed by atoms with Crippen molar-refractivity contribution in [1.29, 1.82) is 0 Å². The van der Waals surface area contributed by atoms with E-state index in [1.165, 1.54) is 0 Å². The first-order valence-electron chi connectivity index (χ1n) is 4.04. The normalized spacial score (nSPS) is 13.0. The maximum absolute atomic E-state index is 9.41. The Morgan fingerprint density at radius 2 is 2.27 bits per heavy atom. The quantitative estimate of drug-likeness (QED) is 0.624. The van der Waals surface area contributed by atoms with E-state index in [2.05, 4.69) is 19.8 Å². The monoisotopic (exact) mass is 174 g/mol. The Morgan fingerprint density at radius 1 is 1.64 bits per heavy atom. The molecule has 66 valence electrons. The van der Waals surface area contributed by atoms with Gasteiger partial charge in [0.2, 0.25) is 0 Å². The number of hydrogen-bond donors (Lipinski definition) is 1. The predicted octanol–water partition coefficient (Wildman–Crippen LogP) is 2.46. The molecule has 1 N–H and O–H groups in total. The van der Waals surface area contributed by atoms with Crippen LogP contribution in [0.1, 0.15) is 26.2 Å². The van der Waals surface area contributed by atoms with Gasteiger partial charge in [0.05, 0.1) is 6.10 Å². The molecule has 0 saturated carbocycles. The van der Waals surface area contributed by atoms with Gasteiger partial charge in [-0.3, -0.25) is 0 Å². The van der Waals surface area contributed by atoms with Crippen LogP contribution in [0.25, 0.3) is 0 Å². The highest BCUT2D eigenvalue weighted by Crippen LogP contribution is 2.11. The third-order valence-corrected chi connectivity index (χ3v) is 2.32. The van der Waals surface area contributed by atoms with Crippen LogP contribution in [0, 0.1) is 0 Å². The van der Waals surface area contributed by atoms with E-state index in [0.29, 0.717) is 0 Å². The van der Waals surface area contributed by atoms with Crippen LogP contribution in [0.5, 0.6) is 0 Å². The van der Waals surface area contributed by atoms with Crippen molar-refractivity contribution in [2.75, 3.05) is 12.0 Å². The minimum Gasteiger partial charge on any atom is -0.393 e. The van der Waals surface area contributed by atoms with Gasteiger partial charge in [-0.05, 0) is 31.3 Å². The zero-order valence-electron chi connectivity index (χ0n) is 7.47. The molecule has 0 rings (SSSR count). The van der Waals surface area contributed by atoms with Crippen LogP contribution in [-0.2, 0) is 0 Å². The molecule has 0 aromatic heterocycles. The van der Waals surface area contributed by atoms with Crippen molar-refractivity contribution in [3.05, 3.63) is 12.2 Å². The third kappa shape index (κ3) is 6.45. The lowest BCUT2D eigenvalue weighted by molar-refractivity contribution is 0.171. The Labute approximate surface area is 73.9 Å². The van der Waals surface area contributed by atoms with Gasteiger partial charge in [-0.15, -0.1) is 0 Å². The average Bonchev–Trinajstić information content (AvgIpc) is 2.00. The summed E-state index contributed by atoms with van der Waals surface area (Å²) >= 11 is 1.77. The fourth-order valence-electron chi connectivity index (χ4n) is 0.834. The molecular formula is C9H18OS. The van der Waals surface area contributed by atoms with E-state index in [0.717, 1.165) is 30.6 Å². The number of thioether (sulfide) groups is 1. The first-order valence-corrected chi connectivity index (χ1v) is 5.43. The molecule has 0 amide bonds. The molecule has 2 heteroatoms. The molecule has 0 aliphatic heterocycles. The maximum atomic E-state index is 9.41. The summed E-state index contributed by atoms with van der Waals surface area (Å²) in [5, 5.41) is 9.41. The maximum Gasteiger partial charge on any atom is 0.0585 e. The van der Waals surface area contributed by atoms with Crippen molar-refractivity contribution in [2.24, 2.45) is 0 Å². The molecule has 11 heavy (non-hydrogen) atoms. The van der Waals surface area contributed by atoms with Gasteiger partial charge in [-0.2, -0.15) is 11.8 Å². The van der Waals surface area contributed by atoms with Crippen molar-refractivity contribution in [3.63, 3.8) is 0 Å². The molecule has 0 fully saturated rings. The summed E-state index contributed by atoms with van der Waals surface area (Å²) < 4.78 is 0. The van der Waals surface area contributed by atoms with Crippen LogP contribution in [0.2, 0.25) is 0 Å². The van der Waals surface area contributed by atoms with Crippen molar-refractivity contribution in [3.8, 4) is 0 Å². The minimum atomic E-state index is -0.171. The van der Waals surface area contributed by atoms with Crippen LogP contribution in [0.15, 0.2) is 12.2 Å². The molecule has 1 unspecified atom stereocenters.